The topological polar surface area (TPSA) is 24.5 Å². The molecule has 3 heteroatoms. The second-order valence-electron chi connectivity index (χ2n) is 6.32. The zero-order chi connectivity index (χ0) is 14.3. The Hall–Kier alpha value is -1.06. The number of aryl methyl sites for hydroxylation is 1. The minimum Gasteiger partial charge on any atom is -0.494 e. The van der Waals surface area contributed by atoms with Crippen molar-refractivity contribution in [3.05, 3.63) is 29.8 Å². The maximum absolute atomic E-state index is 5.85. The molecule has 1 atom stereocenters. The van der Waals surface area contributed by atoms with Gasteiger partial charge < -0.3 is 10.1 Å². The van der Waals surface area contributed by atoms with Crippen molar-refractivity contribution < 1.29 is 4.74 Å². The van der Waals surface area contributed by atoms with E-state index in [9.17, 15) is 0 Å². The Morgan fingerprint density at radius 3 is 3.05 bits per heavy atom. The molecule has 1 N–H and O–H groups in total. The van der Waals surface area contributed by atoms with E-state index in [1.807, 2.05) is 0 Å². The van der Waals surface area contributed by atoms with Crippen LogP contribution in [0, 0.1) is 0 Å². The highest BCUT2D eigenvalue weighted by Crippen LogP contribution is 2.22. The first-order valence-electron chi connectivity index (χ1n) is 8.58. The third kappa shape index (κ3) is 4.45. The number of nitrogens with one attached hydrogen (secondary N) is 1. The molecule has 0 spiro atoms. The maximum atomic E-state index is 5.85. The first-order chi connectivity index (χ1) is 10.4. The van der Waals surface area contributed by atoms with E-state index < -0.39 is 0 Å². The van der Waals surface area contributed by atoms with Crippen LogP contribution in [0.4, 0.5) is 0 Å². The van der Waals surface area contributed by atoms with Gasteiger partial charge >= 0.3 is 0 Å². The van der Waals surface area contributed by atoms with Crippen LogP contribution < -0.4 is 10.1 Å². The molecule has 0 saturated carbocycles. The van der Waals surface area contributed by atoms with Crippen molar-refractivity contribution in [1.29, 1.82) is 0 Å². The van der Waals surface area contributed by atoms with Crippen molar-refractivity contribution in [3.8, 4) is 5.75 Å². The average molecular weight is 288 g/mol. The molecule has 1 aromatic carbocycles. The molecule has 21 heavy (non-hydrogen) atoms. The van der Waals surface area contributed by atoms with E-state index >= 15 is 0 Å². The lowest BCUT2D eigenvalue weighted by Gasteiger charge is -2.36. The molecule has 2 bridgehead atoms. The van der Waals surface area contributed by atoms with Crippen molar-refractivity contribution in [2.45, 2.75) is 44.6 Å². The molecule has 1 unspecified atom stereocenters. The first kappa shape index (κ1) is 14.9. The van der Waals surface area contributed by atoms with Gasteiger partial charge in [-0.3, -0.25) is 4.90 Å². The molecule has 2 aliphatic heterocycles. The van der Waals surface area contributed by atoms with Gasteiger partial charge in [0.2, 0.25) is 0 Å². The van der Waals surface area contributed by atoms with Gasteiger partial charge in [0.15, 0.2) is 0 Å². The molecule has 3 nitrogen and oxygen atoms in total. The van der Waals surface area contributed by atoms with E-state index in [2.05, 4.69) is 34.5 Å². The molecule has 0 amide bonds. The van der Waals surface area contributed by atoms with Crippen LogP contribution in [0.2, 0.25) is 0 Å². The summed E-state index contributed by atoms with van der Waals surface area (Å²) in [6.07, 6.45) is 7.68. The van der Waals surface area contributed by atoms with Crippen LogP contribution in [0.5, 0.6) is 5.75 Å². The Morgan fingerprint density at radius 1 is 1.05 bits per heavy atom. The van der Waals surface area contributed by atoms with E-state index in [1.54, 1.807) is 0 Å². The van der Waals surface area contributed by atoms with Gasteiger partial charge in [0.1, 0.15) is 5.75 Å². The highest BCUT2D eigenvalue weighted by molar-refractivity contribution is 5.28. The van der Waals surface area contributed by atoms with Crippen LogP contribution in [-0.4, -0.2) is 43.7 Å². The predicted molar refractivity (Wildman–Crippen MR) is 87.0 cm³/mol. The minimum atomic E-state index is 0.771. The molecule has 1 saturated heterocycles. The van der Waals surface area contributed by atoms with Crippen LogP contribution in [0.15, 0.2) is 24.3 Å². The van der Waals surface area contributed by atoms with Gasteiger partial charge in [-0.15, -0.1) is 0 Å². The molecular formula is C18H28N2O. The third-order valence-electron chi connectivity index (χ3n) is 4.76. The summed E-state index contributed by atoms with van der Waals surface area (Å²) in [5.41, 5.74) is 1.42. The number of hydrogen-bond acceptors (Lipinski definition) is 3. The van der Waals surface area contributed by atoms with E-state index in [1.165, 1.54) is 50.8 Å². The van der Waals surface area contributed by atoms with Gasteiger partial charge in [-0.25, -0.2) is 0 Å². The standard InChI is InChI=1S/C18H28N2O/c1-2-12-20-13-11-19-10-4-14-21-18-7-3-5-16(15-18)8-9-17(20)6-1/h3,5,7,15,17,19H,1-2,4,6,8-14H2. The Kier molecular flexibility index (Phi) is 5.53. The lowest BCUT2D eigenvalue weighted by molar-refractivity contribution is 0.141. The van der Waals surface area contributed by atoms with E-state index in [0.29, 0.717) is 0 Å². The summed E-state index contributed by atoms with van der Waals surface area (Å²) in [4.78, 5) is 2.71. The average Bonchev–Trinajstić information content (AvgIpc) is 2.53. The van der Waals surface area contributed by atoms with Crippen molar-refractivity contribution in [1.82, 2.24) is 10.2 Å². The summed E-state index contributed by atoms with van der Waals surface area (Å²) in [6, 6.07) is 9.45. The van der Waals surface area contributed by atoms with Gasteiger partial charge in [-0.2, -0.15) is 0 Å². The van der Waals surface area contributed by atoms with Crippen molar-refractivity contribution in [3.63, 3.8) is 0 Å². The zero-order valence-electron chi connectivity index (χ0n) is 13.0. The van der Waals surface area contributed by atoms with Crippen LogP contribution in [0.3, 0.4) is 0 Å². The van der Waals surface area contributed by atoms with Crippen molar-refractivity contribution in [2.75, 3.05) is 32.8 Å². The van der Waals surface area contributed by atoms with Crippen molar-refractivity contribution in [2.24, 2.45) is 0 Å². The smallest absolute Gasteiger partial charge is 0.119 e. The summed E-state index contributed by atoms with van der Waals surface area (Å²) >= 11 is 0. The normalized spacial score (nSPS) is 25.4. The molecule has 3 rings (SSSR count). The van der Waals surface area contributed by atoms with Gasteiger partial charge in [0, 0.05) is 19.1 Å². The molecule has 2 heterocycles. The molecule has 0 aliphatic carbocycles. The van der Waals surface area contributed by atoms with E-state index in [4.69, 9.17) is 4.74 Å². The second kappa shape index (κ2) is 7.81. The number of nitrogens with zero attached hydrogens (tertiary/aromatic N) is 1. The SMILES string of the molecule is c1cc2cc(c1)OCCCNCCN1CCCCC1CC2. The highest BCUT2D eigenvalue weighted by Gasteiger charge is 2.21. The van der Waals surface area contributed by atoms with Gasteiger partial charge in [-0.1, -0.05) is 18.6 Å². The molecule has 2 aliphatic rings. The second-order valence-corrected chi connectivity index (χ2v) is 6.32. The van der Waals surface area contributed by atoms with Crippen LogP contribution in [0.25, 0.3) is 0 Å². The lowest BCUT2D eigenvalue weighted by atomic mass is 9.95. The Balaban J connectivity index is 1.68. The Bertz CT molecular complexity index is 435. The minimum absolute atomic E-state index is 0.771. The number of benzene rings is 1. The van der Waals surface area contributed by atoms with E-state index in [0.717, 1.165) is 37.9 Å². The summed E-state index contributed by atoms with van der Waals surface area (Å²) in [6.45, 7) is 5.46. The number of rotatable bonds is 0. The molecular weight excluding hydrogens is 260 g/mol. The Labute approximate surface area is 128 Å². The molecule has 1 fully saturated rings. The highest BCUT2D eigenvalue weighted by atomic mass is 16.5. The number of ether oxygens (including phenoxy) is 1. The molecule has 116 valence electrons. The molecule has 0 radical (unpaired) electrons. The maximum Gasteiger partial charge on any atom is 0.119 e. The number of fused-ring (bicyclic) bond motifs is 3. The summed E-state index contributed by atoms with van der Waals surface area (Å²) in [5.74, 6) is 1.03. The first-order valence-corrected chi connectivity index (χ1v) is 8.58. The summed E-state index contributed by atoms with van der Waals surface area (Å²) in [5, 5.41) is 3.56. The number of piperidine rings is 1. The fraction of sp³-hybridized carbons (Fsp3) is 0.667. The van der Waals surface area contributed by atoms with Gasteiger partial charge in [0.25, 0.3) is 0 Å². The summed E-state index contributed by atoms with van der Waals surface area (Å²) < 4.78 is 5.85. The molecule has 1 aromatic rings. The third-order valence-corrected chi connectivity index (χ3v) is 4.76. The monoisotopic (exact) mass is 288 g/mol. The largest absolute Gasteiger partial charge is 0.494 e. The molecule has 0 aromatic heterocycles. The fourth-order valence-electron chi connectivity index (χ4n) is 3.54. The fourth-order valence-corrected chi connectivity index (χ4v) is 3.54. The van der Waals surface area contributed by atoms with Crippen LogP contribution >= 0.6 is 0 Å². The Morgan fingerprint density at radius 2 is 2.05 bits per heavy atom. The summed E-state index contributed by atoms with van der Waals surface area (Å²) in [7, 11) is 0. The quantitative estimate of drug-likeness (QED) is 0.794. The van der Waals surface area contributed by atoms with Gasteiger partial charge in [-0.05, 0) is 62.9 Å². The van der Waals surface area contributed by atoms with Crippen LogP contribution in [0.1, 0.15) is 37.7 Å². The van der Waals surface area contributed by atoms with Crippen LogP contribution in [-0.2, 0) is 6.42 Å². The van der Waals surface area contributed by atoms with E-state index in [-0.39, 0.29) is 0 Å². The van der Waals surface area contributed by atoms with Gasteiger partial charge in [0.05, 0.1) is 6.61 Å². The number of hydrogen-bond donors (Lipinski definition) is 1. The van der Waals surface area contributed by atoms with Crippen molar-refractivity contribution >= 4 is 0 Å². The zero-order valence-corrected chi connectivity index (χ0v) is 13.0. The lowest BCUT2D eigenvalue weighted by Crippen LogP contribution is -2.43. The predicted octanol–water partition coefficient (Wildman–Crippen LogP) is 2.85.